The molecule has 121 valence electrons. The van der Waals surface area contributed by atoms with Gasteiger partial charge < -0.3 is 34.5 Å². The fraction of sp³-hybridized carbons (Fsp3) is 0.278. The predicted octanol–water partition coefficient (Wildman–Crippen LogP) is -1.45. The smallest absolute Gasteiger partial charge is 1.00 e. The van der Waals surface area contributed by atoms with Gasteiger partial charge in [0.25, 0.3) is 0 Å². The summed E-state index contributed by atoms with van der Waals surface area (Å²) in [6, 6.07) is 17.3. The third-order valence-electron chi connectivity index (χ3n) is 3.02. The van der Waals surface area contributed by atoms with Crippen molar-refractivity contribution in [1.29, 1.82) is 0 Å². The van der Waals surface area contributed by atoms with Gasteiger partial charge in [-0.3, -0.25) is 0 Å². The first-order valence-electron chi connectivity index (χ1n) is 6.70. The van der Waals surface area contributed by atoms with E-state index in [2.05, 4.69) is 31.8 Å². The van der Waals surface area contributed by atoms with Crippen molar-refractivity contribution in [3.05, 3.63) is 59.7 Å². The fourth-order valence-electron chi connectivity index (χ4n) is 1.81. The molecule has 2 aromatic carbocycles. The van der Waals surface area contributed by atoms with Crippen molar-refractivity contribution in [2.75, 3.05) is 7.11 Å². The number of hydrogen-bond donors (Lipinski definition) is 0. The Bertz CT molecular complexity index is 610. The SMILES string of the molecule is COc1cc(C=Nc2ccccc2)[c-]c(C(C)(C)C)c1.[Cl-].[Cl-].[Ti+3]. The molecule has 0 N–H and O–H groups in total. The van der Waals surface area contributed by atoms with Gasteiger partial charge in [-0.05, 0) is 23.8 Å². The first-order valence-corrected chi connectivity index (χ1v) is 6.70. The summed E-state index contributed by atoms with van der Waals surface area (Å²) < 4.78 is 5.36. The van der Waals surface area contributed by atoms with E-state index in [0.717, 1.165) is 22.6 Å². The van der Waals surface area contributed by atoms with Crippen molar-refractivity contribution in [3.8, 4) is 5.75 Å². The normalized spacial score (nSPS) is 10.3. The second-order valence-corrected chi connectivity index (χ2v) is 5.73. The van der Waals surface area contributed by atoms with Gasteiger partial charge in [-0.15, -0.1) is 23.3 Å². The van der Waals surface area contributed by atoms with Crippen LogP contribution in [0.3, 0.4) is 0 Å². The molecular weight excluding hydrogens is 365 g/mol. The summed E-state index contributed by atoms with van der Waals surface area (Å²) in [5.74, 6) is 0.836. The standard InChI is InChI=1S/C18H20NO.2ClH.Ti/c1-18(2,3)15-10-14(11-17(12-15)20-4)13-19-16-8-6-5-7-9-16;;;/h5-9,11-13H,1-4H3;2*1H;/q-1;;;+3/p-2. The van der Waals surface area contributed by atoms with Gasteiger partial charge >= 0.3 is 21.7 Å². The number of benzene rings is 2. The van der Waals surface area contributed by atoms with Crippen molar-refractivity contribution in [2.24, 2.45) is 4.99 Å². The number of halogens is 2. The molecule has 0 saturated carbocycles. The van der Waals surface area contributed by atoms with Crippen LogP contribution in [0.5, 0.6) is 5.75 Å². The topological polar surface area (TPSA) is 21.6 Å². The quantitative estimate of drug-likeness (QED) is 0.360. The van der Waals surface area contributed by atoms with E-state index in [1.165, 1.54) is 0 Å². The number of methoxy groups -OCH3 is 1. The average Bonchev–Trinajstić information content (AvgIpc) is 2.45. The molecule has 0 aliphatic heterocycles. The zero-order valence-electron chi connectivity index (χ0n) is 13.7. The van der Waals surface area contributed by atoms with Gasteiger partial charge in [0, 0.05) is 5.75 Å². The maximum atomic E-state index is 5.36. The minimum atomic E-state index is 0. The van der Waals surface area contributed by atoms with E-state index >= 15 is 0 Å². The van der Waals surface area contributed by atoms with Gasteiger partial charge in [0.05, 0.1) is 12.8 Å². The molecule has 0 fully saturated rings. The summed E-state index contributed by atoms with van der Waals surface area (Å²) in [6.45, 7) is 6.49. The molecule has 0 aromatic heterocycles. The number of nitrogens with zero attached hydrogens (tertiary/aromatic N) is 1. The monoisotopic (exact) mass is 384 g/mol. The van der Waals surface area contributed by atoms with E-state index in [4.69, 9.17) is 4.74 Å². The summed E-state index contributed by atoms with van der Waals surface area (Å²) in [4.78, 5) is 4.46. The van der Waals surface area contributed by atoms with E-state index < -0.39 is 0 Å². The maximum absolute atomic E-state index is 5.36. The molecule has 1 radical (unpaired) electrons. The number of rotatable bonds is 3. The van der Waals surface area contributed by atoms with Crippen LogP contribution in [0.4, 0.5) is 5.69 Å². The van der Waals surface area contributed by atoms with Crippen LogP contribution >= 0.6 is 0 Å². The molecule has 0 heterocycles. The second kappa shape index (κ2) is 10.9. The first-order chi connectivity index (χ1) is 9.49. The van der Waals surface area contributed by atoms with Crippen LogP contribution in [-0.2, 0) is 27.1 Å². The Morgan fingerprint density at radius 1 is 1.04 bits per heavy atom. The summed E-state index contributed by atoms with van der Waals surface area (Å²) >= 11 is 0. The number of hydrogen-bond acceptors (Lipinski definition) is 2. The first kappa shape index (κ1) is 24.5. The number of para-hydroxylation sites is 1. The van der Waals surface area contributed by atoms with E-state index in [-0.39, 0.29) is 51.9 Å². The van der Waals surface area contributed by atoms with E-state index in [0.29, 0.717) is 0 Å². The molecule has 2 aromatic rings. The van der Waals surface area contributed by atoms with Gasteiger partial charge in [0.1, 0.15) is 0 Å². The van der Waals surface area contributed by atoms with Crippen LogP contribution in [0.1, 0.15) is 31.9 Å². The van der Waals surface area contributed by atoms with E-state index in [1.54, 1.807) is 7.11 Å². The molecular formula is C18H20Cl2NOTi. The predicted molar refractivity (Wildman–Crippen MR) is 84.2 cm³/mol. The average molecular weight is 385 g/mol. The largest absolute Gasteiger partial charge is 3.00 e. The molecule has 0 atom stereocenters. The fourth-order valence-corrected chi connectivity index (χ4v) is 1.81. The van der Waals surface area contributed by atoms with Crippen molar-refractivity contribution >= 4 is 11.9 Å². The Labute approximate surface area is 166 Å². The van der Waals surface area contributed by atoms with Crippen LogP contribution in [0, 0.1) is 6.07 Å². The van der Waals surface area contributed by atoms with Gasteiger partial charge in [0.2, 0.25) is 0 Å². The third-order valence-corrected chi connectivity index (χ3v) is 3.02. The van der Waals surface area contributed by atoms with Crippen LogP contribution in [0.2, 0.25) is 0 Å². The summed E-state index contributed by atoms with van der Waals surface area (Å²) in [6.07, 6.45) is 1.83. The minimum absolute atomic E-state index is 0. The van der Waals surface area contributed by atoms with Crippen molar-refractivity contribution in [2.45, 2.75) is 26.2 Å². The van der Waals surface area contributed by atoms with Crippen molar-refractivity contribution in [1.82, 2.24) is 0 Å². The third kappa shape index (κ3) is 7.54. The molecule has 0 amide bonds. The van der Waals surface area contributed by atoms with Gasteiger partial charge in [-0.25, -0.2) is 0 Å². The molecule has 2 rings (SSSR count). The molecule has 0 aliphatic rings. The summed E-state index contributed by atoms with van der Waals surface area (Å²) in [5.41, 5.74) is 3.01. The number of aliphatic imine (C=N–C) groups is 1. The Morgan fingerprint density at radius 3 is 2.17 bits per heavy atom. The van der Waals surface area contributed by atoms with Crippen LogP contribution in [-0.4, -0.2) is 13.3 Å². The maximum Gasteiger partial charge on any atom is 3.00 e. The zero-order chi connectivity index (χ0) is 14.6. The van der Waals surface area contributed by atoms with Crippen LogP contribution in [0.15, 0.2) is 47.5 Å². The van der Waals surface area contributed by atoms with Crippen molar-refractivity contribution < 1.29 is 51.3 Å². The molecule has 5 heteroatoms. The van der Waals surface area contributed by atoms with Gasteiger partial charge in [0.15, 0.2) is 0 Å². The molecule has 0 aliphatic carbocycles. The summed E-state index contributed by atoms with van der Waals surface area (Å²) in [7, 11) is 1.68. The van der Waals surface area contributed by atoms with Crippen LogP contribution < -0.4 is 29.6 Å². The molecule has 0 spiro atoms. The van der Waals surface area contributed by atoms with E-state index in [1.807, 2.05) is 48.7 Å². The van der Waals surface area contributed by atoms with Crippen molar-refractivity contribution in [3.63, 3.8) is 0 Å². The number of ether oxygens (including phenoxy) is 1. The molecule has 0 unspecified atom stereocenters. The van der Waals surface area contributed by atoms with Crippen LogP contribution in [0.25, 0.3) is 0 Å². The van der Waals surface area contributed by atoms with Gasteiger partial charge in [-0.1, -0.05) is 45.0 Å². The molecule has 23 heavy (non-hydrogen) atoms. The molecule has 0 bridgehead atoms. The summed E-state index contributed by atoms with van der Waals surface area (Å²) in [5, 5.41) is 0. The van der Waals surface area contributed by atoms with Gasteiger partial charge in [-0.2, -0.15) is 0 Å². The Kier molecular flexibility index (Phi) is 11.6. The minimum Gasteiger partial charge on any atom is -1.00 e. The molecule has 2 nitrogen and oxygen atoms in total. The molecule has 0 saturated heterocycles. The van der Waals surface area contributed by atoms with E-state index in [9.17, 15) is 0 Å². The Balaban J connectivity index is 0. The second-order valence-electron chi connectivity index (χ2n) is 5.73. The Morgan fingerprint density at radius 2 is 1.65 bits per heavy atom. The Hall–Kier alpha value is -0.796. The zero-order valence-corrected chi connectivity index (χ0v) is 16.8.